The summed E-state index contributed by atoms with van der Waals surface area (Å²) in [7, 11) is 1.43. The molecule has 3 N–H and O–H groups in total. The van der Waals surface area contributed by atoms with E-state index in [1.807, 2.05) is 65.8 Å². The maximum absolute atomic E-state index is 14.3. The number of ketones is 1. The molecule has 10 nitrogen and oxygen atoms in total. The molecule has 4 atom stereocenters. The first-order valence-corrected chi connectivity index (χ1v) is 17.2. The van der Waals surface area contributed by atoms with Crippen molar-refractivity contribution in [3.63, 3.8) is 0 Å². The molecule has 0 radical (unpaired) electrons. The molecule has 1 saturated carbocycles. The lowest BCUT2D eigenvalue weighted by Gasteiger charge is -2.44. The smallest absolute Gasteiger partial charge is 0.260 e. The summed E-state index contributed by atoms with van der Waals surface area (Å²) < 4.78 is 12.0. The van der Waals surface area contributed by atoms with Gasteiger partial charge in [0.1, 0.15) is 11.7 Å². The van der Waals surface area contributed by atoms with Gasteiger partial charge in [-0.15, -0.1) is 0 Å². The van der Waals surface area contributed by atoms with E-state index in [1.165, 1.54) is 14.0 Å². The number of amides is 3. The van der Waals surface area contributed by atoms with Crippen LogP contribution in [0.3, 0.4) is 0 Å². The minimum atomic E-state index is -1.81. The van der Waals surface area contributed by atoms with Crippen molar-refractivity contribution < 1.29 is 33.8 Å². The second-order valence-corrected chi connectivity index (χ2v) is 13.7. The van der Waals surface area contributed by atoms with Gasteiger partial charge >= 0.3 is 0 Å². The van der Waals surface area contributed by atoms with E-state index in [0.717, 1.165) is 22.3 Å². The molecule has 3 amide bonds. The average molecular weight is 737 g/mol. The highest BCUT2D eigenvalue weighted by molar-refractivity contribution is 9.10. The van der Waals surface area contributed by atoms with Crippen LogP contribution < -0.4 is 20.1 Å². The van der Waals surface area contributed by atoms with Crippen molar-refractivity contribution >= 4 is 50.8 Å². The number of hydrogen-bond acceptors (Lipinski definition) is 7. The van der Waals surface area contributed by atoms with Gasteiger partial charge in [0.15, 0.2) is 18.1 Å². The number of aliphatic hydroxyl groups is 1. The van der Waals surface area contributed by atoms with Gasteiger partial charge in [-0.3, -0.25) is 19.2 Å². The first-order valence-electron chi connectivity index (χ1n) is 16.4. The Hall–Kier alpha value is -4.22. The van der Waals surface area contributed by atoms with Crippen molar-refractivity contribution in [3.05, 3.63) is 80.8 Å². The van der Waals surface area contributed by atoms with Gasteiger partial charge in [0.2, 0.25) is 11.8 Å². The fourth-order valence-electron chi connectivity index (χ4n) is 6.56. The maximum Gasteiger partial charge on any atom is 0.260 e. The van der Waals surface area contributed by atoms with Gasteiger partial charge in [0.25, 0.3) is 5.91 Å². The number of likely N-dealkylation sites (N-methyl/N-ethyl adjacent to an activating group) is 1. The van der Waals surface area contributed by atoms with E-state index in [4.69, 9.17) is 9.47 Å². The minimum absolute atomic E-state index is 0.205. The quantitative estimate of drug-likeness (QED) is 0.198. The van der Waals surface area contributed by atoms with E-state index in [1.54, 1.807) is 29.2 Å². The predicted molar refractivity (Wildman–Crippen MR) is 193 cm³/mol. The highest BCUT2D eigenvalue weighted by Crippen LogP contribution is 2.49. The van der Waals surface area contributed by atoms with Crippen LogP contribution in [-0.2, 0) is 19.2 Å². The Kier molecular flexibility index (Phi) is 11.9. The summed E-state index contributed by atoms with van der Waals surface area (Å²) >= 11 is 3.55. The van der Waals surface area contributed by atoms with Crippen LogP contribution in [-0.4, -0.2) is 65.9 Å². The molecular formula is C38H46BrN3O7. The first-order chi connectivity index (χ1) is 23.1. The lowest BCUT2D eigenvalue weighted by molar-refractivity contribution is -0.151. The second-order valence-electron chi connectivity index (χ2n) is 12.8. The second kappa shape index (κ2) is 15.6. The molecule has 3 aromatic carbocycles. The van der Waals surface area contributed by atoms with Crippen LogP contribution in [0.2, 0.25) is 0 Å². The summed E-state index contributed by atoms with van der Waals surface area (Å²) in [6.45, 7) is 13.7. The molecule has 4 unspecified atom stereocenters. The standard InChI is InChI=1S/C38H46BrN3O7/c1-9-42(10-2)31(44)20-49-35-26(39)17-25(18-30(35)48-8)32-33(36(45)40-27-15-11-13-21(3)23(27)5)29(43)19-38(7,47)34(32)37(46)41-28-16-12-14-22(4)24(28)6/h11-18,32-34,47H,9-10,19-20H2,1-8H3,(H,40,45)(H,41,46). The molecule has 0 aromatic heterocycles. The van der Waals surface area contributed by atoms with Crippen molar-refractivity contribution in [1.29, 1.82) is 0 Å². The third-order valence-electron chi connectivity index (χ3n) is 9.65. The molecule has 11 heteroatoms. The van der Waals surface area contributed by atoms with Gasteiger partial charge in [-0.05, 0) is 116 Å². The molecule has 0 spiro atoms. The Morgan fingerprint density at radius 3 is 2.02 bits per heavy atom. The van der Waals surface area contributed by atoms with Crippen LogP contribution in [0.4, 0.5) is 11.4 Å². The zero-order valence-corrected chi connectivity index (χ0v) is 31.0. The molecule has 1 aliphatic carbocycles. The number of aryl methyl sites for hydroxylation is 2. The Morgan fingerprint density at radius 2 is 1.49 bits per heavy atom. The fraction of sp³-hybridized carbons (Fsp3) is 0.421. The lowest BCUT2D eigenvalue weighted by atomic mass is 9.61. The van der Waals surface area contributed by atoms with Crippen molar-refractivity contribution in [1.82, 2.24) is 4.90 Å². The third kappa shape index (κ3) is 7.99. The molecule has 3 aromatic rings. The van der Waals surface area contributed by atoms with Crippen molar-refractivity contribution in [2.45, 2.75) is 66.4 Å². The van der Waals surface area contributed by atoms with Crippen molar-refractivity contribution in [2.24, 2.45) is 11.8 Å². The molecule has 0 aliphatic heterocycles. The largest absolute Gasteiger partial charge is 0.493 e. The van der Waals surface area contributed by atoms with Crippen molar-refractivity contribution in [2.75, 3.05) is 37.4 Å². The molecule has 4 rings (SSSR count). The number of nitrogens with zero attached hydrogens (tertiary/aromatic N) is 1. The number of ether oxygens (including phenoxy) is 2. The Morgan fingerprint density at radius 1 is 0.939 bits per heavy atom. The SMILES string of the molecule is CCN(CC)C(=O)COc1c(Br)cc(C2C(C(=O)Nc3cccc(C)c3C)C(=O)CC(C)(O)C2C(=O)Nc2cccc(C)c2C)cc1OC. The van der Waals surface area contributed by atoms with E-state index in [-0.39, 0.29) is 24.0 Å². The number of carbonyl (C=O) groups excluding carboxylic acids is 4. The zero-order valence-electron chi connectivity index (χ0n) is 29.4. The van der Waals surface area contributed by atoms with Crippen LogP contribution in [0.15, 0.2) is 53.0 Å². The number of hydrogen-bond donors (Lipinski definition) is 3. The fourth-order valence-corrected chi connectivity index (χ4v) is 7.13. The van der Waals surface area contributed by atoms with Crippen LogP contribution in [0, 0.1) is 39.5 Å². The average Bonchev–Trinajstić information content (AvgIpc) is 3.04. The van der Waals surface area contributed by atoms with E-state index < -0.39 is 47.4 Å². The molecule has 49 heavy (non-hydrogen) atoms. The molecular weight excluding hydrogens is 690 g/mol. The summed E-state index contributed by atoms with van der Waals surface area (Å²) in [6, 6.07) is 14.3. The monoisotopic (exact) mass is 735 g/mol. The number of anilines is 2. The van der Waals surface area contributed by atoms with Crippen LogP contribution >= 0.6 is 15.9 Å². The third-order valence-corrected chi connectivity index (χ3v) is 10.2. The molecule has 0 saturated heterocycles. The van der Waals surface area contributed by atoms with Gasteiger partial charge in [-0.1, -0.05) is 24.3 Å². The lowest BCUT2D eigenvalue weighted by Crippen LogP contribution is -2.56. The van der Waals surface area contributed by atoms with E-state index in [2.05, 4.69) is 26.6 Å². The van der Waals surface area contributed by atoms with Gasteiger partial charge < -0.3 is 30.1 Å². The summed E-state index contributed by atoms with van der Waals surface area (Å²) in [5, 5.41) is 17.8. The number of nitrogens with one attached hydrogen (secondary N) is 2. The molecule has 1 fully saturated rings. The van der Waals surface area contributed by atoms with Crippen LogP contribution in [0.25, 0.3) is 0 Å². The maximum atomic E-state index is 14.3. The number of carbonyl (C=O) groups is 4. The number of halogens is 1. The summed E-state index contributed by atoms with van der Waals surface area (Å²) in [6.07, 6.45) is -0.410. The molecule has 262 valence electrons. The van der Waals surface area contributed by atoms with Crippen molar-refractivity contribution in [3.8, 4) is 11.5 Å². The van der Waals surface area contributed by atoms with Gasteiger partial charge in [-0.2, -0.15) is 0 Å². The highest BCUT2D eigenvalue weighted by atomic mass is 79.9. The molecule has 0 heterocycles. The van der Waals surface area contributed by atoms with E-state index >= 15 is 0 Å². The number of benzene rings is 3. The summed E-state index contributed by atoms with van der Waals surface area (Å²) in [5.74, 6) is -5.09. The Labute approximate surface area is 296 Å². The predicted octanol–water partition coefficient (Wildman–Crippen LogP) is 6.26. The number of rotatable bonds is 11. The van der Waals surface area contributed by atoms with Crippen LogP contribution in [0.5, 0.6) is 11.5 Å². The number of methoxy groups -OCH3 is 1. The zero-order chi connectivity index (χ0) is 36.2. The molecule has 1 aliphatic rings. The summed E-state index contributed by atoms with van der Waals surface area (Å²) in [4.78, 5) is 56.9. The Balaban J connectivity index is 1.85. The molecule has 0 bridgehead atoms. The normalized spacial score (nSPS) is 20.4. The van der Waals surface area contributed by atoms with Gasteiger partial charge in [0, 0.05) is 36.8 Å². The van der Waals surface area contributed by atoms with E-state index in [0.29, 0.717) is 34.5 Å². The van der Waals surface area contributed by atoms with Gasteiger partial charge in [0.05, 0.1) is 23.1 Å². The Bertz CT molecular complexity index is 1750. The first kappa shape index (κ1) is 37.6. The van der Waals surface area contributed by atoms with Gasteiger partial charge in [-0.25, -0.2) is 0 Å². The summed E-state index contributed by atoms with van der Waals surface area (Å²) in [5.41, 5.74) is 3.31. The minimum Gasteiger partial charge on any atom is -0.493 e. The topological polar surface area (TPSA) is 134 Å². The van der Waals surface area contributed by atoms with Crippen LogP contribution in [0.1, 0.15) is 60.9 Å². The highest BCUT2D eigenvalue weighted by Gasteiger charge is 2.56. The van der Waals surface area contributed by atoms with E-state index in [9.17, 15) is 24.3 Å². The number of Topliss-reactive ketones (excluding diaryl/α,β-unsaturated/α-hetero) is 1.